The van der Waals surface area contributed by atoms with Crippen LogP contribution in [0.3, 0.4) is 0 Å². The predicted octanol–water partition coefficient (Wildman–Crippen LogP) is 7.51. The van der Waals surface area contributed by atoms with Gasteiger partial charge >= 0.3 is 0 Å². The number of hydrogen-bond donors (Lipinski definition) is 1. The van der Waals surface area contributed by atoms with Crippen LogP contribution < -0.4 is 0 Å². The first-order chi connectivity index (χ1) is 14.1. The molecular weight excluding hydrogens is 495 g/mol. The number of unbranched alkanes of at least 4 members (excludes halogenated alkanes) is 1. The van der Waals surface area contributed by atoms with Gasteiger partial charge in [0.05, 0.1) is 17.5 Å². The van der Waals surface area contributed by atoms with Crippen LogP contribution in [-0.2, 0) is 5.60 Å². The van der Waals surface area contributed by atoms with Gasteiger partial charge in [-0.3, -0.25) is 4.98 Å². The van der Waals surface area contributed by atoms with E-state index in [2.05, 4.69) is 60.5 Å². The Kier molecular flexibility index (Phi) is 9.16. The van der Waals surface area contributed by atoms with Crippen LogP contribution >= 0.6 is 22.6 Å². The van der Waals surface area contributed by atoms with Gasteiger partial charge in [0.15, 0.2) is 0 Å². The Morgan fingerprint density at radius 2 is 1.93 bits per heavy atom. The van der Waals surface area contributed by atoms with E-state index < -0.39 is 17.2 Å². The lowest BCUT2D eigenvalue weighted by Gasteiger charge is -2.27. The molecule has 0 radical (unpaired) electrons. The molecule has 30 heavy (non-hydrogen) atoms. The third-order valence-corrected chi connectivity index (χ3v) is 5.96. The van der Waals surface area contributed by atoms with Crippen LogP contribution in [0.5, 0.6) is 0 Å². The average molecular weight is 525 g/mol. The van der Waals surface area contributed by atoms with Crippen molar-refractivity contribution in [3.63, 3.8) is 0 Å². The number of rotatable bonds is 9. The highest BCUT2D eigenvalue weighted by Gasteiger charge is 2.29. The summed E-state index contributed by atoms with van der Waals surface area (Å²) in [5, 5.41) is 10.9. The number of halogens is 3. The Bertz CT molecular complexity index is 900. The van der Waals surface area contributed by atoms with Crippen molar-refractivity contribution in [1.82, 2.24) is 4.98 Å². The van der Waals surface area contributed by atoms with E-state index in [4.69, 9.17) is 0 Å². The molecular formula is C25H30F2INO. The predicted molar refractivity (Wildman–Crippen MR) is 129 cm³/mol. The summed E-state index contributed by atoms with van der Waals surface area (Å²) in [4.78, 5) is 3.99. The van der Waals surface area contributed by atoms with Crippen molar-refractivity contribution >= 4 is 22.6 Å². The number of benzene rings is 1. The number of aromatic nitrogens is 1. The fourth-order valence-electron chi connectivity index (χ4n) is 3.48. The summed E-state index contributed by atoms with van der Waals surface area (Å²) in [6.45, 7) is 7.93. The van der Waals surface area contributed by atoms with E-state index >= 15 is 0 Å². The van der Waals surface area contributed by atoms with Crippen LogP contribution in [0.2, 0.25) is 0 Å². The Morgan fingerprint density at radius 3 is 2.53 bits per heavy atom. The molecule has 2 atom stereocenters. The minimum Gasteiger partial charge on any atom is -0.385 e. The summed E-state index contributed by atoms with van der Waals surface area (Å²) in [6, 6.07) is 7.47. The van der Waals surface area contributed by atoms with Gasteiger partial charge in [-0.15, -0.1) is 0 Å². The van der Waals surface area contributed by atoms with E-state index in [1.54, 1.807) is 19.1 Å². The molecule has 2 rings (SSSR count). The first-order valence-corrected chi connectivity index (χ1v) is 11.4. The topological polar surface area (TPSA) is 33.1 Å². The van der Waals surface area contributed by atoms with Crippen molar-refractivity contribution in [1.29, 1.82) is 0 Å². The van der Waals surface area contributed by atoms with Crippen LogP contribution in [0.25, 0.3) is 11.3 Å². The first kappa shape index (κ1) is 24.7. The maximum Gasteiger partial charge on any atom is 0.141 e. The average Bonchev–Trinajstić information content (AvgIpc) is 2.64. The molecule has 162 valence electrons. The molecule has 0 amide bonds. The summed E-state index contributed by atoms with van der Waals surface area (Å²) in [7, 11) is 0. The molecule has 2 aromatic rings. The lowest BCUT2D eigenvalue weighted by atomic mass is 9.88. The lowest BCUT2D eigenvalue weighted by Crippen LogP contribution is -2.26. The largest absolute Gasteiger partial charge is 0.385 e. The van der Waals surface area contributed by atoms with Gasteiger partial charge < -0.3 is 5.11 Å². The molecule has 1 N–H and O–H groups in total. The quantitative estimate of drug-likeness (QED) is 0.159. The molecule has 0 saturated carbocycles. The van der Waals surface area contributed by atoms with Gasteiger partial charge in [-0.05, 0) is 71.6 Å². The zero-order chi connectivity index (χ0) is 22.3. The van der Waals surface area contributed by atoms with Gasteiger partial charge in [-0.25, -0.2) is 8.78 Å². The second kappa shape index (κ2) is 11.1. The minimum atomic E-state index is -1.27. The summed E-state index contributed by atoms with van der Waals surface area (Å²) in [5.74, 6) is -0.915. The molecule has 2 unspecified atom stereocenters. The Labute approximate surface area is 192 Å². The van der Waals surface area contributed by atoms with Crippen LogP contribution in [0, 0.1) is 11.6 Å². The summed E-state index contributed by atoms with van der Waals surface area (Å²) in [6.07, 6.45) is 8.94. The molecule has 1 aromatic heterocycles. The third kappa shape index (κ3) is 7.58. The third-order valence-electron chi connectivity index (χ3n) is 4.90. The zero-order valence-electron chi connectivity index (χ0n) is 18.1. The van der Waals surface area contributed by atoms with Gasteiger partial charge in [0.25, 0.3) is 0 Å². The van der Waals surface area contributed by atoms with E-state index in [0.29, 0.717) is 17.7 Å². The summed E-state index contributed by atoms with van der Waals surface area (Å²) >= 11 is 2.34. The smallest absolute Gasteiger partial charge is 0.141 e. The number of allylic oxidation sites excluding steroid dienone is 4. The molecule has 2 nitrogen and oxygen atoms in total. The molecule has 0 bridgehead atoms. The number of pyridine rings is 1. The lowest BCUT2D eigenvalue weighted by molar-refractivity contribution is 0.0443. The van der Waals surface area contributed by atoms with Crippen molar-refractivity contribution in [3.05, 3.63) is 77.0 Å². The van der Waals surface area contributed by atoms with Crippen LogP contribution in [0.4, 0.5) is 8.78 Å². The van der Waals surface area contributed by atoms with E-state index in [1.165, 1.54) is 29.3 Å². The Morgan fingerprint density at radius 1 is 1.20 bits per heavy atom. The normalized spacial score (nSPS) is 14.9. The number of nitrogens with zero attached hydrogens (tertiary/aromatic N) is 1. The SMILES string of the molecule is CC(C)=C/C(C)=C/CCCC(I)CC(C)(O)c1ccc(-c2ccc(F)cn2)cc1F. The molecule has 0 aliphatic carbocycles. The second-order valence-electron chi connectivity index (χ2n) is 8.23. The molecule has 1 heterocycles. The first-order valence-electron chi connectivity index (χ1n) is 10.2. The molecule has 0 saturated heterocycles. The molecule has 0 aliphatic rings. The van der Waals surface area contributed by atoms with Gasteiger partial charge in [0, 0.05) is 15.1 Å². The van der Waals surface area contributed by atoms with Gasteiger partial charge in [-0.1, -0.05) is 58.0 Å². The van der Waals surface area contributed by atoms with Crippen LogP contribution in [0.15, 0.2) is 59.8 Å². The minimum absolute atomic E-state index is 0.229. The Balaban J connectivity index is 1.99. The van der Waals surface area contributed by atoms with Crippen LogP contribution in [-0.4, -0.2) is 14.0 Å². The fourth-order valence-corrected chi connectivity index (χ4v) is 4.78. The van der Waals surface area contributed by atoms with Crippen molar-refractivity contribution in [3.8, 4) is 11.3 Å². The van der Waals surface area contributed by atoms with Crippen LogP contribution in [0.1, 0.15) is 58.9 Å². The van der Waals surface area contributed by atoms with Gasteiger partial charge in [-0.2, -0.15) is 0 Å². The molecule has 1 aromatic carbocycles. The van der Waals surface area contributed by atoms with E-state index in [-0.39, 0.29) is 9.49 Å². The zero-order valence-corrected chi connectivity index (χ0v) is 20.2. The van der Waals surface area contributed by atoms with Gasteiger partial charge in [0.1, 0.15) is 11.6 Å². The highest BCUT2D eigenvalue weighted by Crippen LogP contribution is 2.34. The molecule has 0 fully saturated rings. The Hall–Kier alpha value is -1.60. The maximum absolute atomic E-state index is 14.8. The van der Waals surface area contributed by atoms with E-state index in [9.17, 15) is 13.9 Å². The van der Waals surface area contributed by atoms with E-state index in [1.807, 2.05) is 0 Å². The molecule has 0 spiro atoms. The molecule has 0 aliphatic heterocycles. The van der Waals surface area contributed by atoms with Crippen molar-refractivity contribution in [2.75, 3.05) is 0 Å². The summed E-state index contributed by atoms with van der Waals surface area (Å²) in [5.41, 5.74) is 2.61. The number of hydrogen-bond acceptors (Lipinski definition) is 2. The monoisotopic (exact) mass is 525 g/mol. The standard InChI is InChI=1S/C25H30F2INO/c1-17(2)13-18(3)7-5-6-8-21(28)15-25(4,30)22-11-9-19(14-23(22)27)24-12-10-20(26)16-29-24/h7,9-14,16,21,30H,5-6,8,15H2,1-4H3/b18-7+. The fraction of sp³-hybridized carbons (Fsp3) is 0.400. The highest BCUT2D eigenvalue weighted by molar-refractivity contribution is 14.1. The van der Waals surface area contributed by atoms with Crippen molar-refractivity contribution in [2.24, 2.45) is 0 Å². The molecule has 5 heteroatoms. The number of aliphatic hydroxyl groups is 1. The second-order valence-corrected chi connectivity index (χ2v) is 9.99. The van der Waals surface area contributed by atoms with Gasteiger partial charge in [0.2, 0.25) is 0 Å². The number of alkyl halides is 1. The maximum atomic E-state index is 14.8. The van der Waals surface area contributed by atoms with Crippen molar-refractivity contribution in [2.45, 2.75) is 62.9 Å². The summed E-state index contributed by atoms with van der Waals surface area (Å²) < 4.78 is 28.1. The highest BCUT2D eigenvalue weighted by atomic mass is 127. The van der Waals surface area contributed by atoms with E-state index in [0.717, 1.165) is 25.5 Å². The van der Waals surface area contributed by atoms with Crippen molar-refractivity contribution < 1.29 is 13.9 Å².